The van der Waals surface area contributed by atoms with Gasteiger partial charge in [-0.25, -0.2) is 0 Å². The highest BCUT2D eigenvalue weighted by Crippen LogP contribution is 2.34. The summed E-state index contributed by atoms with van der Waals surface area (Å²) in [6.45, 7) is 5.20. The van der Waals surface area contributed by atoms with Crippen molar-refractivity contribution in [2.45, 2.75) is 63.3 Å². The summed E-state index contributed by atoms with van der Waals surface area (Å²) in [7, 11) is 0. The molecule has 0 bridgehead atoms. The quantitative estimate of drug-likeness (QED) is 0.807. The summed E-state index contributed by atoms with van der Waals surface area (Å²) in [5.74, 6) is 1.11. The van der Waals surface area contributed by atoms with Crippen LogP contribution in [0.3, 0.4) is 0 Å². The standard InChI is InChI=1S/C15H28N2/c1-2-8-15(9-3-1)13-17(12-10-16-15)11-4-5-14-6-7-14/h14,16H,1-13H2. The highest BCUT2D eigenvalue weighted by molar-refractivity contribution is 4.96. The summed E-state index contributed by atoms with van der Waals surface area (Å²) in [6, 6.07) is 0. The molecule has 2 nitrogen and oxygen atoms in total. The predicted octanol–water partition coefficient (Wildman–Crippen LogP) is 2.78. The molecule has 0 amide bonds. The lowest BCUT2D eigenvalue weighted by Crippen LogP contribution is -2.61. The molecule has 1 saturated heterocycles. The van der Waals surface area contributed by atoms with Crippen LogP contribution in [0.25, 0.3) is 0 Å². The number of hydrogen-bond acceptors (Lipinski definition) is 2. The minimum absolute atomic E-state index is 0.510. The molecule has 0 aromatic heterocycles. The van der Waals surface area contributed by atoms with Crippen molar-refractivity contribution < 1.29 is 0 Å². The van der Waals surface area contributed by atoms with Crippen LogP contribution in [-0.2, 0) is 0 Å². The van der Waals surface area contributed by atoms with Gasteiger partial charge in [-0.3, -0.25) is 0 Å². The highest BCUT2D eigenvalue weighted by Gasteiger charge is 2.35. The minimum Gasteiger partial charge on any atom is -0.309 e. The van der Waals surface area contributed by atoms with Gasteiger partial charge in [0.2, 0.25) is 0 Å². The lowest BCUT2D eigenvalue weighted by molar-refractivity contribution is 0.0979. The summed E-state index contributed by atoms with van der Waals surface area (Å²) in [6.07, 6.45) is 13.2. The second-order valence-electron chi connectivity index (χ2n) is 6.63. The minimum atomic E-state index is 0.510. The van der Waals surface area contributed by atoms with E-state index in [1.54, 1.807) is 0 Å². The lowest BCUT2D eigenvalue weighted by Gasteiger charge is -2.46. The third kappa shape index (κ3) is 3.23. The van der Waals surface area contributed by atoms with Crippen molar-refractivity contribution in [3.8, 4) is 0 Å². The first kappa shape index (κ1) is 12.0. The smallest absolute Gasteiger partial charge is 0.0309 e. The predicted molar refractivity (Wildman–Crippen MR) is 72.2 cm³/mol. The van der Waals surface area contributed by atoms with E-state index in [0.717, 1.165) is 5.92 Å². The van der Waals surface area contributed by atoms with Gasteiger partial charge >= 0.3 is 0 Å². The van der Waals surface area contributed by atoms with E-state index in [0.29, 0.717) is 5.54 Å². The zero-order chi connectivity index (χ0) is 11.6. The van der Waals surface area contributed by atoms with E-state index in [4.69, 9.17) is 0 Å². The third-order valence-corrected chi connectivity index (χ3v) is 5.05. The van der Waals surface area contributed by atoms with Gasteiger partial charge in [-0.05, 0) is 38.1 Å². The van der Waals surface area contributed by atoms with Crippen molar-refractivity contribution in [2.75, 3.05) is 26.2 Å². The van der Waals surface area contributed by atoms with Crippen LogP contribution in [0, 0.1) is 5.92 Å². The largest absolute Gasteiger partial charge is 0.309 e. The third-order valence-electron chi connectivity index (χ3n) is 5.05. The molecule has 1 N–H and O–H groups in total. The fourth-order valence-electron chi connectivity index (χ4n) is 3.81. The van der Waals surface area contributed by atoms with Crippen LogP contribution < -0.4 is 5.32 Å². The van der Waals surface area contributed by atoms with Crippen LogP contribution in [0.15, 0.2) is 0 Å². The van der Waals surface area contributed by atoms with Crippen molar-refractivity contribution in [2.24, 2.45) is 5.92 Å². The highest BCUT2D eigenvalue weighted by atomic mass is 15.2. The van der Waals surface area contributed by atoms with Gasteiger partial charge in [0, 0.05) is 25.2 Å². The molecule has 1 heterocycles. The molecule has 0 unspecified atom stereocenters. The van der Waals surface area contributed by atoms with E-state index in [1.165, 1.54) is 84.0 Å². The molecule has 2 saturated carbocycles. The van der Waals surface area contributed by atoms with E-state index in [2.05, 4.69) is 10.2 Å². The summed E-state index contributed by atoms with van der Waals surface area (Å²) in [5.41, 5.74) is 0.510. The van der Waals surface area contributed by atoms with Gasteiger partial charge in [0.1, 0.15) is 0 Å². The Morgan fingerprint density at radius 1 is 1.12 bits per heavy atom. The SMILES string of the molecule is C1CCC2(CC1)CN(CCCC1CC1)CCN2. The first-order chi connectivity index (χ1) is 8.36. The molecule has 3 rings (SSSR count). The molecule has 2 aliphatic carbocycles. The Bertz CT molecular complexity index is 236. The number of hydrogen-bond donors (Lipinski definition) is 1. The second kappa shape index (κ2) is 5.27. The molecule has 2 heteroatoms. The zero-order valence-corrected chi connectivity index (χ0v) is 11.2. The Hall–Kier alpha value is -0.0800. The monoisotopic (exact) mass is 236 g/mol. The van der Waals surface area contributed by atoms with Gasteiger partial charge in [0.05, 0.1) is 0 Å². The molecule has 0 aromatic carbocycles. The van der Waals surface area contributed by atoms with E-state index in [1.807, 2.05) is 0 Å². The molecule has 0 radical (unpaired) electrons. The Morgan fingerprint density at radius 3 is 2.71 bits per heavy atom. The molecule has 1 aliphatic heterocycles. The van der Waals surface area contributed by atoms with E-state index in [9.17, 15) is 0 Å². The zero-order valence-electron chi connectivity index (χ0n) is 11.2. The topological polar surface area (TPSA) is 15.3 Å². The molecule has 98 valence electrons. The average Bonchev–Trinajstić information content (AvgIpc) is 3.14. The average molecular weight is 236 g/mol. The fraction of sp³-hybridized carbons (Fsp3) is 1.00. The van der Waals surface area contributed by atoms with Crippen molar-refractivity contribution in [1.29, 1.82) is 0 Å². The number of piperazine rings is 1. The molecule has 3 aliphatic rings. The van der Waals surface area contributed by atoms with Crippen LogP contribution >= 0.6 is 0 Å². The summed E-state index contributed by atoms with van der Waals surface area (Å²) >= 11 is 0. The normalized spacial score (nSPS) is 29.6. The molecule has 17 heavy (non-hydrogen) atoms. The first-order valence-corrected chi connectivity index (χ1v) is 7.84. The van der Waals surface area contributed by atoms with Crippen LogP contribution in [0.1, 0.15) is 57.8 Å². The fourth-order valence-corrected chi connectivity index (χ4v) is 3.81. The molecular weight excluding hydrogens is 208 g/mol. The Balaban J connectivity index is 1.44. The molecule has 0 aromatic rings. The summed E-state index contributed by atoms with van der Waals surface area (Å²) < 4.78 is 0. The van der Waals surface area contributed by atoms with E-state index in [-0.39, 0.29) is 0 Å². The number of nitrogens with one attached hydrogen (secondary N) is 1. The maximum Gasteiger partial charge on any atom is 0.0309 e. The van der Waals surface area contributed by atoms with Gasteiger partial charge in [-0.15, -0.1) is 0 Å². The van der Waals surface area contributed by atoms with Crippen LogP contribution in [0.4, 0.5) is 0 Å². The van der Waals surface area contributed by atoms with Gasteiger partial charge in [0.25, 0.3) is 0 Å². The van der Waals surface area contributed by atoms with E-state index >= 15 is 0 Å². The Labute approximate surface area is 106 Å². The van der Waals surface area contributed by atoms with Crippen LogP contribution in [0.2, 0.25) is 0 Å². The Kier molecular flexibility index (Phi) is 3.72. The van der Waals surface area contributed by atoms with Crippen molar-refractivity contribution >= 4 is 0 Å². The number of nitrogens with zero attached hydrogens (tertiary/aromatic N) is 1. The van der Waals surface area contributed by atoms with Gasteiger partial charge in [0.15, 0.2) is 0 Å². The summed E-state index contributed by atoms with van der Waals surface area (Å²) in [4.78, 5) is 2.74. The van der Waals surface area contributed by atoms with Gasteiger partial charge in [-0.1, -0.05) is 32.1 Å². The molecule has 3 fully saturated rings. The van der Waals surface area contributed by atoms with Gasteiger partial charge in [-0.2, -0.15) is 0 Å². The van der Waals surface area contributed by atoms with Gasteiger partial charge < -0.3 is 10.2 Å². The van der Waals surface area contributed by atoms with Crippen LogP contribution in [0.5, 0.6) is 0 Å². The maximum absolute atomic E-state index is 3.83. The van der Waals surface area contributed by atoms with Crippen LogP contribution in [-0.4, -0.2) is 36.6 Å². The van der Waals surface area contributed by atoms with E-state index < -0.39 is 0 Å². The van der Waals surface area contributed by atoms with Crippen molar-refractivity contribution in [1.82, 2.24) is 10.2 Å². The molecule has 0 atom stereocenters. The lowest BCUT2D eigenvalue weighted by atomic mass is 9.80. The second-order valence-corrected chi connectivity index (χ2v) is 6.63. The number of rotatable bonds is 4. The maximum atomic E-state index is 3.83. The first-order valence-electron chi connectivity index (χ1n) is 7.84. The van der Waals surface area contributed by atoms with Crippen molar-refractivity contribution in [3.05, 3.63) is 0 Å². The van der Waals surface area contributed by atoms with Crippen molar-refractivity contribution in [3.63, 3.8) is 0 Å². The Morgan fingerprint density at radius 2 is 1.94 bits per heavy atom. The molecule has 1 spiro atoms. The summed E-state index contributed by atoms with van der Waals surface area (Å²) in [5, 5.41) is 3.83. The molecular formula is C15H28N2.